The topological polar surface area (TPSA) is 61.8 Å². The molecule has 0 aliphatic heterocycles. The molecule has 0 N–H and O–H groups in total. The van der Waals surface area contributed by atoms with E-state index in [0.29, 0.717) is 17.7 Å². The molecule has 2 aromatic rings. The van der Waals surface area contributed by atoms with Gasteiger partial charge >= 0.3 is 11.9 Å². The maximum absolute atomic E-state index is 12.3. The first-order valence-corrected chi connectivity index (χ1v) is 9.20. The Bertz CT molecular complexity index is 815. The quantitative estimate of drug-likeness (QED) is 0.304. The van der Waals surface area contributed by atoms with Crippen molar-refractivity contribution in [2.45, 2.75) is 26.4 Å². The first-order chi connectivity index (χ1) is 13.7. The monoisotopic (exact) mass is 380 g/mol. The van der Waals surface area contributed by atoms with Crippen LogP contribution in [0.15, 0.2) is 54.6 Å². The van der Waals surface area contributed by atoms with Crippen LogP contribution in [0.3, 0.4) is 0 Å². The number of carbonyl (C=O) groups is 2. The summed E-state index contributed by atoms with van der Waals surface area (Å²) in [5, 5.41) is 0. The van der Waals surface area contributed by atoms with Crippen LogP contribution in [0.4, 0.5) is 0 Å². The Balaban J connectivity index is 2.13. The van der Waals surface area contributed by atoms with E-state index in [4.69, 9.17) is 14.2 Å². The molecule has 0 saturated carbocycles. The lowest BCUT2D eigenvalue weighted by molar-refractivity contribution is -0.156. The summed E-state index contributed by atoms with van der Waals surface area (Å²) >= 11 is 0. The van der Waals surface area contributed by atoms with Gasteiger partial charge in [-0.2, -0.15) is 0 Å². The Morgan fingerprint density at radius 3 is 2.14 bits per heavy atom. The highest BCUT2D eigenvalue weighted by Gasteiger charge is 2.32. The second-order valence-electron chi connectivity index (χ2n) is 5.80. The molecule has 2 aromatic carbocycles. The fourth-order valence-corrected chi connectivity index (χ4v) is 2.59. The maximum atomic E-state index is 12.3. The van der Waals surface area contributed by atoms with Crippen molar-refractivity contribution in [3.8, 4) is 11.8 Å². The van der Waals surface area contributed by atoms with Gasteiger partial charge in [-0.1, -0.05) is 60.4 Å². The predicted molar refractivity (Wildman–Crippen MR) is 105 cm³/mol. The highest BCUT2D eigenvalue weighted by Crippen LogP contribution is 2.23. The normalized spacial score (nSPS) is 10.1. The summed E-state index contributed by atoms with van der Waals surface area (Å²) in [5.74, 6) is 3.47. The molecule has 0 spiro atoms. The van der Waals surface area contributed by atoms with Crippen LogP contribution in [0.2, 0.25) is 0 Å². The summed E-state index contributed by atoms with van der Waals surface area (Å²) in [7, 11) is 0. The van der Waals surface area contributed by atoms with Gasteiger partial charge in [0, 0.05) is 5.56 Å². The molecule has 5 heteroatoms. The van der Waals surface area contributed by atoms with Crippen LogP contribution in [-0.4, -0.2) is 31.8 Å². The zero-order valence-corrected chi connectivity index (χ0v) is 16.1. The minimum absolute atomic E-state index is 0.176. The fraction of sp³-hybridized carbons (Fsp3) is 0.304. The highest BCUT2D eigenvalue weighted by atomic mass is 16.6. The van der Waals surface area contributed by atoms with Crippen molar-refractivity contribution in [1.29, 1.82) is 0 Å². The number of hydrogen-bond donors (Lipinski definition) is 0. The van der Waals surface area contributed by atoms with E-state index in [2.05, 4.69) is 11.8 Å². The van der Waals surface area contributed by atoms with E-state index in [-0.39, 0.29) is 19.8 Å². The van der Waals surface area contributed by atoms with Gasteiger partial charge in [0.25, 0.3) is 0 Å². The van der Waals surface area contributed by atoms with Gasteiger partial charge in [-0.15, -0.1) is 0 Å². The molecular weight excluding hydrogens is 356 g/mol. The second kappa shape index (κ2) is 11.6. The van der Waals surface area contributed by atoms with Crippen LogP contribution in [0.5, 0.6) is 0 Å². The van der Waals surface area contributed by atoms with Crippen molar-refractivity contribution in [2.75, 3.05) is 19.8 Å². The lowest BCUT2D eigenvalue weighted by Crippen LogP contribution is -2.27. The van der Waals surface area contributed by atoms with Crippen molar-refractivity contribution < 1.29 is 23.8 Å². The molecule has 28 heavy (non-hydrogen) atoms. The van der Waals surface area contributed by atoms with Gasteiger partial charge in [0.1, 0.15) is 6.61 Å². The van der Waals surface area contributed by atoms with E-state index < -0.39 is 17.9 Å². The summed E-state index contributed by atoms with van der Waals surface area (Å²) < 4.78 is 15.7. The van der Waals surface area contributed by atoms with Gasteiger partial charge < -0.3 is 14.2 Å². The molecular formula is C23H24O5. The number of ether oxygens (including phenoxy) is 3. The largest absolute Gasteiger partial charge is 0.465 e. The van der Waals surface area contributed by atoms with E-state index in [9.17, 15) is 9.59 Å². The Labute approximate surface area is 165 Å². The van der Waals surface area contributed by atoms with Crippen molar-refractivity contribution in [2.24, 2.45) is 0 Å². The van der Waals surface area contributed by atoms with Crippen molar-refractivity contribution in [1.82, 2.24) is 0 Å². The third-order valence-corrected chi connectivity index (χ3v) is 3.83. The maximum Gasteiger partial charge on any atom is 0.324 e. The van der Waals surface area contributed by atoms with Crippen LogP contribution in [0, 0.1) is 11.8 Å². The molecule has 0 atom stereocenters. The molecule has 0 unspecified atom stereocenters. The van der Waals surface area contributed by atoms with Crippen LogP contribution in [0.25, 0.3) is 0 Å². The van der Waals surface area contributed by atoms with Gasteiger partial charge in [0.05, 0.1) is 19.8 Å². The minimum atomic E-state index is -1.16. The lowest BCUT2D eigenvalue weighted by atomic mass is 9.94. The van der Waals surface area contributed by atoms with Crippen molar-refractivity contribution in [3.63, 3.8) is 0 Å². The molecule has 0 amide bonds. The van der Waals surface area contributed by atoms with Crippen LogP contribution < -0.4 is 0 Å². The van der Waals surface area contributed by atoms with E-state index in [1.165, 1.54) is 0 Å². The smallest absolute Gasteiger partial charge is 0.324 e. The summed E-state index contributed by atoms with van der Waals surface area (Å²) in [6, 6.07) is 16.8. The molecule has 0 radical (unpaired) electrons. The zero-order valence-electron chi connectivity index (χ0n) is 16.1. The van der Waals surface area contributed by atoms with Gasteiger partial charge in [-0.05, 0) is 31.0 Å². The van der Waals surface area contributed by atoms with E-state index in [0.717, 1.165) is 5.56 Å². The second-order valence-corrected chi connectivity index (χ2v) is 5.80. The number of esters is 2. The highest BCUT2D eigenvalue weighted by molar-refractivity contribution is 6.01. The molecule has 0 aliphatic rings. The van der Waals surface area contributed by atoms with Gasteiger partial charge in [-0.3, -0.25) is 9.59 Å². The lowest BCUT2D eigenvalue weighted by Gasteiger charge is -2.16. The minimum Gasteiger partial charge on any atom is -0.465 e. The number of carbonyl (C=O) groups excluding carboxylic acids is 2. The summed E-state index contributed by atoms with van der Waals surface area (Å²) in [5.41, 5.74) is 2.10. The molecule has 0 aliphatic carbocycles. The van der Waals surface area contributed by atoms with Crippen LogP contribution >= 0.6 is 0 Å². The molecule has 0 heterocycles. The van der Waals surface area contributed by atoms with E-state index in [1.807, 2.05) is 30.3 Å². The van der Waals surface area contributed by atoms with E-state index >= 15 is 0 Å². The Hall–Kier alpha value is -3.10. The number of rotatable bonds is 8. The third-order valence-electron chi connectivity index (χ3n) is 3.83. The van der Waals surface area contributed by atoms with E-state index in [1.54, 1.807) is 38.1 Å². The molecule has 2 rings (SSSR count). The molecule has 146 valence electrons. The molecule has 0 aromatic heterocycles. The van der Waals surface area contributed by atoms with Gasteiger partial charge in [0.2, 0.25) is 0 Å². The average Bonchev–Trinajstić information content (AvgIpc) is 2.70. The summed E-state index contributed by atoms with van der Waals surface area (Å²) in [4.78, 5) is 24.7. The molecule has 0 bridgehead atoms. The predicted octanol–water partition coefficient (Wildman–Crippen LogP) is 3.46. The Morgan fingerprint density at radius 1 is 0.893 bits per heavy atom. The van der Waals surface area contributed by atoms with Crippen LogP contribution in [0.1, 0.15) is 36.5 Å². The average molecular weight is 380 g/mol. The van der Waals surface area contributed by atoms with Crippen molar-refractivity contribution in [3.05, 3.63) is 71.3 Å². The first kappa shape index (κ1) is 21.2. The zero-order chi connectivity index (χ0) is 20.2. The first-order valence-electron chi connectivity index (χ1n) is 9.20. The van der Waals surface area contributed by atoms with Crippen molar-refractivity contribution >= 4 is 11.9 Å². The molecule has 5 nitrogen and oxygen atoms in total. The number of hydrogen-bond acceptors (Lipinski definition) is 5. The van der Waals surface area contributed by atoms with Gasteiger partial charge in [0.15, 0.2) is 5.92 Å². The standard InChI is InChI=1S/C23H24O5/c1-3-27-22(24)21(23(25)28-4-2)20-15-9-8-13-19(20)14-10-16-26-17-18-11-6-5-7-12-18/h5-9,11-13,15,21H,3-4,16-17H2,1-2H3. The summed E-state index contributed by atoms with van der Waals surface area (Å²) in [6.45, 7) is 4.43. The van der Waals surface area contributed by atoms with Crippen LogP contribution in [-0.2, 0) is 30.4 Å². The third kappa shape index (κ3) is 6.26. The molecule has 0 saturated heterocycles. The number of benzene rings is 2. The van der Waals surface area contributed by atoms with Gasteiger partial charge in [-0.25, -0.2) is 0 Å². The Morgan fingerprint density at radius 2 is 1.50 bits per heavy atom. The Kier molecular flexibility index (Phi) is 8.77. The summed E-state index contributed by atoms with van der Waals surface area (Å²) in [6.07, 6.45) is 0. The fourth-order valence-electron chi connectivity index (χ4n) is 2.59. The molecule has 0 fully saturated rings. The SMILES string of the molecule is CCOC(=O)C(C(=O)OCC)c1ccccc1C#CCOCc1ccccc1.